The van der Waals surface area contributed by atoms with Crippen molar-refractivity contribution in [3.63, 3.8) is 0 Å². The SMILES string of the molecule is Cc1nnsc1N=C=O. The van der Waals surface area contributed by atoms with E-state index in [2.05, 4.69) is 14.6 Å². The molecule has 0 aliphatic rings. The third-order valence-corrected chi connectivity index (χ3v) is 1.50. The fourth-order valence-electron chi connectivity index (χ4n) is 0.372. The van der Waals surface area contributed by atoms with Gasteiger partial charge in [-0.05, 0) is 6.92 Å². The predicted octanol–water partition coefficient (Wildman–Crippen LogP) is 0.814. The van der Waals surface area contributed by atoms with Crippen molar-refractivity contribution in [2.45, 2.75) is 6.92 Å². The van der Waals surface area contributed by atoms with Crippen molar-refractivity contribution in [3.05, 3.63) is 5.69 Å². The lowest BCUT2D eigenvalue weighted by molar-refractivity contribution is 0.565. The molecule has 46 valence electrons. The summed E-state index contributed by atoms with van der Waals surface area (Å²) in [5.41, 5.74) is 0.670. The molecule has 0 amide bonds. The van der Waals surface area contributed by atoms with Gasteiger partial charge in [0.2, 0.25) is 6.08 Å². The molecular formula is C4H3N3OS. The number of carbonyl (C=O) groups excluding carboxylic acids is 1. The van der Waals surface area contributed by atoms with E-state index in [9.17, 15) is 4.79 Å². The quantitative estimate of drug-likeness (QED) is 0.429. The second-order valence-electron chi connectivity index (χ2n) is 1.37. The molecule has 5 heteroatoms. The zero-order valence-electron chi connectivity index (χ0n) is 4.66. The molecule has 1 rings (SSSR count). The fourth-order valence-corrected chi connectivity index (χ4v) is 0.864. The number of aryl methyl sites for hydroxylation is 1. The van der Waals surface area contributed by atoms with Gasteiger partial charge in [-0.25, -0.2) is 4.79 Å². The number of isocyanates is 1. The highest BCUT2D eigenvalue weighted by atomic mass is 32.1. The van der Waals surface area contributed by atoms with Gasteiger partial charge in [-0.1, -0.05) is 4.49 Å². The molecule has 0 aliphatic heterocycles. The first-order valence-electron chi connectivity index (χ1n) is 2.21. The van der Waals surface area contributed by atoms with Crippen molar-refractivity contribution >= 4 is 22.6 Å². The van der Waals surface area contributed by atoms with Gasteiger partial charge in [0.25, 0.3) is 0 Å². The van der Waals surface area contributed by atoms with Crippen molar-refractivity contribution < 1.29 is 4.79 Å². The van der Waals surface area contributed by atoms with Gasteiger partial charge in [0.1, 0.15) is 0 Å². The lowest BCUT2D eigenvalue weighted by Gasteiger charge is -1.75. The maximum absolute atomic E-state index is 9.68. The van der Waals surface area contributed by atoms with Gasteiger partial charge in [-0.15, -0.1) is 5.10 Å². The van der Waals surface area contributed by atoms with Crippen LogP contribution in [-0.4, -0.2) is 15.7 Å². The van der Waals surface area contributed by atoms with Crippen molar-refractivity contribution in [1.29, 1.82) is 0 Å². The van der Waals surface area contributed by atoms with Crippen molar-refractivity contribution in [2.24, 2.45) is 4.99 Å². The summed E-state index contributed by atoms with van der Waals surface area (Å²) in [6, 6.07) is 0. The Kier molecular flexibility index (Phi) is 1.67. The molecule has 0 saturated heterocycles. The maximum atomic E-state index is 9.68. The molecule has 9 heavy (non-hydrogen) atoms. The summed E-state index contributed by atoms with van der Waals surface area (Å²) in [5.74, 6) is 0. The topological polar surface area (TPSA) is 55.2 Å². The van der Waals surface area contributed by atoms with Gasteiger partial charge >= 0.3 is 0 Å². The molecular weight excluding hydrogens is 138 g/mol. The van der Waals surface area contributed by atoms with E-state index in [-0.39, 0.29) is 0 Å². The Hall–Kier alpha value is -1.06. The minimum absolute atomic E-state index is 0.532. The Morgan fingerprint density at radius 2 is 2.56 bits per heavy atom. The monoisotopic (exact) mass is 141 g/mol. The van der Waals surface area contributed by atoms with Gasteiger partial charge < -0.3 is 0 Å². The Morgan fingerprint density at radius 3 is 3.00 bits per heavy atom. The molecule has 0 bridgehead atoms. The first kappa shape index (κ1) is 6.07. The molecule has 0 aliphatic carbocycles. The van der Waals surface area contributed by atoms with Gasteiger partial charge in [-0.3, -0.25) is 0 Å². The van der Waals surface area contributed by atoms with Crippen LogP contribution in [0.5, 0.6) is 0 Å². The van der Waals surface area contributed by atoms with Crippen LogP contribution in [0.2, 0.25) is 0 Å². The molecule has 1 aromatic rings. The van der Waals surface area contributed by atoms with E-state index in [0.29, 0.717) is 10.7 Å². The van der Waals surface area contributed by atoms with Crippen LogP contribution >= 0.6 is 11.5 Å². The van der Waals surface area contributed by atoms with Crippen LogP contribution in [0.1, 0.15) is 5.69 Å². The van der Waals surface area contributed by atoms with E-state index >= 15 is 0 Å². The third-order valence-electron chi connectivity index (χ3n) is 0.775. The summed E-state index contributed by atoms with van der Waals surface area (Å²) in [6.07, 6.45) is 1.42. The van der Waals surface area contributed by atoms with Crippen molar-refractivity contribution in [3.8, 4) is 0 Å². The number of hydrogen-bond donors (Lipinski definition) is 0. The summed E-state index contributed by atoms with van der Waals surface area (Å²) < 4.78 is 3.56. The van der Waals surface area contributed by atoms with Crippen LogP contribution in [0.3, 0.4) is 0 Å². The van der Waals surface area contributed by atoms with Crippen LogP contribution in [0.25, 0.3) is 0 Å². The Morgan fingerprint density at radius 1 is 1.78 bits per heavy atom. The number of nitrogens with zero attached hydrogens (tertiary/aromatic N) is 3. The highest BCUT2D eigenvalue weighted by molar-refractivity contribution is 7.09. The molecule has 0 radical (unpaired) electrons. The molecule has 0 atom stereocenters. The minimum atomic E-state index is 0.532. The third kappa shape index (κ3) is 1.19. The smallest absolute Gasteiger partial charge is 0.211 e. The molecule has 4 nitrogen and oxygen atoms in total. The molecule has 1 heterocycles. The fraction of sp³-hybridized carbons (Fsp3) is 0.250. The molecule has 0 N–H and O–H groups in total. The average molecular weight is 141 g/mol. The van der Waals surface area contributed by atoms with Crippen LogP contribution in [0.4, 0.5) is 5.00 Å². The lowest BCUT2D eigenvalue weighted by Crippen LogP contribution is -1.68. The highest BCUT2D eigenvalue weighted by Gasteiger charge is 1.97. The van der Waals surface area contributed by atoms with E-state index in [1.165, 1.54) is 6.08 Å². The maximum Gasteiger partial charge on any atom is 0.241 e. The van der Waals surface area contributed by atoms with E-state index in [1.807, 2.05) is 0 Å². The second-order valence-corrected chi connectivity index (χ2v) is 2.10. The molecule has 0 unspecified atom stereocenters. The predicted molar refractivity (Wildman–Crippen MR) is 32.4 cm³/mol. The number of aliphatic imine (C=N–C) groups is 1. The van der Waals surface area contributed by atoms with E-state index in [1.54, 1.807) is 6.92 Å². The Labute approximate surface area is 55.4 Å². The lowest BCUT2D eigenvalue weighted by atomic mass is 10.5. The van der Waals surface area contributed by atoms with Crippen LogP contribution in [0, 0.1) is 6.92 Å². The van der Waals surface area contributed by atoms with E-state index in [4.69, 9.17) is 0 Å². The zero-order chi connectivity index (χ0) is 6.69. The second kappa shape index (κ2) is 2.48. The summed E-state index contributed by atoms with van der Waals surface area (Å²) >= 11 is 1.08. The number of hydrogen-bond acceptors (Lipinski definition) is 5. The molecule has 0 fully saturated rings. The van der Waals surface area contributed by atoms with Crippen LogP contribution in [-0.2, 0) is 4.79 Å². The normalized spacial score (nSPS) is 8.56. The molecule has 0 saturated carbocycles. The summed E-state index contributed by atoms with van der Waals surface area (Å²) in [4.78, 5) is 13.0. The van der Waals surface area contributed by atoms with Crippen LogP contribution in [0.15, 0.2) is 4.99 Å². The average Bonchev–Trinajstić information content (AvgIpc) is 2.18. The zero-order valence-corrected chi connectivity index (χ0v) is 5.47. The summed E-state index contributed by atoms with van der Waals surface area (Å²) in [6.45, 7) is 1.74. The first-order valence-corrected chi connectivity index (χ1v) is 2.99. The Bertz CT molecular complexity index is 250. The van der Waals surface area contributed by atoms with E-state index in [0.717, 1.165) is 11.5 Å². The summed E-state index contributed by atoms with van der Waals surface area (Å²) in [7, 11) is 0. The Balaban J connectivity index is 3.07. The van der Waals surface area contributed by atoms with E-state index < -0.39 is 0 Å². The summed E-state index contributed by atoms with van der Waals surface area (Å²) in [5, 5.41) is 4.16. The highest BCUT2D eigenvalue weighted by Crippen LogP contribution is 2.18. The van der Waals surface area contributed by atoms with Crippen LogP contribution < -0.4 is 0 Å². The minimum Gasteiger partial charge on any atom is -0.211 e. The standard InChI is InChI=1S/C4H3N3OS/c1-3-4(5-2-8)9-7-6-3/h1H3. The molecule has 1 aromatic heterocycles. The van der Waals surface area contributed by atoms with Gasteiger partial charge in [0, 0.05) is 11.5 Å². The molecule has 0 spiro atoms. The van der Waals surface area contributed by atoms with Crippen molar-refractivity contribution in [1.82, 2.24) is 9.59 Å². The van der Waals surface area contributed by atoms with Gasteiger partial charge in [-0.2, -0.15) is 4.99 Å². The van der Waals surface area contributed by atoms with Crippen molar-refractivity contribution in [2.75, 3.05) is 0 Å². The first-order chi connectivity index (χ1) is 4.34. The van der Waals surface area contributed by atoms with Gasteiger partial charge in [0.15, 0.2) is 5.00 Å². The van der Waals surface area contributed by atoms with Gasteiger partial charge in [0.05, 0.1) is 5.69 Å². The largest absolute Gasteiger partial charge is 0.241 e. The number of rotatable bonds is 1. The molecule has 0 aromatic carbocycles. The number of aromatic nitrogens is 2.